The Bertz CT molecular complexity index is 749. The Morgan fingerprint density at radius 2 is 1.76 bits per heavy atom. The number of methoxy groups -OCH3 is 1. The largest absolute Gasteiger partial charge is 0.496 e. The minimum Gasteiger partial charge on any atom is -0.496 e. The molecule has 2 aromatic rings. The first-order chi connectivity index (χ1) is 11.9. The molecule has 0 spiro atoms. The zero-order valence-electron chi connectivity index (χ0n) is 14.9. The molecule has 0 aliphatic heterocycles. The SMILES string of the molecule is COc1ccc(C(C)=O)cc1COC(=O)C(C)Oc1ccc(C)cc1. The highest BCUT2D eigenvalue weighted by Gasteiger charge is 2.18. The maximum absolute atomic E-state index is 12.2. The van der Waals surface area contributed by atoms with Gasteiger partial charge in [-0.15, -0.1) is 0 Å². The lowest BCUT2D eigenvalue weighted by Gasteiger charge is -2.15. The van der Waals surface area contributed by atoms with E-state index in [0.29, 0.717) is 22.6 Å². The van der Waals surface area contributed by atoms with E-state index in [0.717, 1.165) is 5.56 Å². The van der Waals surface area contributed by atoms with Crippen molar-refractivity contribution in [1.29, 1.82) is 0 Å². The van der Waals surface area contributed by atoms with Crippen LogP contribution in [0, 0.1) is 6.92 Å². The minimum atomic E-state index is -0.746. The first-order valence-corrected chi connectivity index (χ1v) is 7.98. The lowest BCUT2D eigenvalue weighted by Crippen LogP contribution is -2.26. The van der Waals surface area contributed by atoms with Gasteiger partial charge in [-0.25, -0.2) is 4.79 Å². The fraction of sp³-hybridized carbons (Fsp3) is 0.300. The lowest BCUT2D eigenvalue weighted by molar-refractivity contribution is -0.152. The first kappa shape index (κ1) is 18.5. The van der Waals surface area contributed by atoms with E-state index in [1.165, 1.54) is 14.0 Å². The van der Waals surface area contributed by atoms with Crippen molar-refractivity contribution in [2.45, 2.75) is 33.5 Å². The summed E-state index contributed by atoms with van der Waals surface area (Å²) < 4.78 is 16.1. The highest BCUT2D eigenvalue weighted by molar-refractivity contribution is 5.94. The van der Waals surface area contributed by atoms with E-state index in [2.05, 4.69) is 0 Å². The molecular formula is C20H22O5. The van der Waals surface area contributed by atoms with Crippen LogP contribution in [0.15, 0.2) is 42.5 Å². The van der Waals surface area contributed by atoms with E-state index in [1.54, 1.807) is 37.3 Å². The third kappa shape index (κ3) is 5.08. The lowest BCUT2D eigenvalue weighted by atomic mass is 10.1. The van der Waals surface area contributed by atoms with E-state index in [9.17, 15) is 9.59 Å². The van der Waals surface area contributed by atoms with Gasteiger partial charge in [-0.3, -0.25) is 4.79 Å². The van der Waals surface area contributed by atoms with Crippen LogP contribution in [-0.4, -0.2) is 25.0 Å². The van der Waals surface area contributed by atoms with Crippen molar-refractivity contribution >= 4 is 11.8 Å². The molecule has 0 aliphatic rings. The van der Waals surface area contributed by atoms with Crippen molar-refractivity contribution < 1.29 is 23.8 Å². The first-order valence-electron chi connectivity index (χ1n) is 7.98. The van der Waals surface area contributed by atoms with Gasteiger partial charge in [0.15, 0.2) is 11.9 Å². The molecule has 1 atom stereocenters. The van der Waals surface area contributed by atoms with Crippen LogP contribution in [0.5, 0.6) is 11.5 Å². The number of Topliss-reactive ketones (excluding diaryl/α,β-unsaturated/α-hetero) is 1. The molecule has 0 bridgehead atoms. The smallest absolute Gasteiger partial charge is 0.347 e. The molecule has 0 aliphatic carbocycles. The molecule has 0 aromatic heterocycles. The van der Waals surface area contributed by atoms with E-state index in [-0.39, 0.29) is 12.4 Å². The Hall–Kier alpha value is -2.82. The number of ketones is 1. The van der Waals surface area contributed by atoms with E-state index >= 15 is 0 Å². The number of hydrogen-bond donors (Lipinski definition) is 0. The Labute approximate surface area is 147 Å². The number of carbonyl (C=O) groups is 2. The topological polar surface area (TPSA) is 61.8 Å². The molecule has 0 heterocycles. The highest BCUT2D eigenvalue weighted by Crippen LogP contribution is 2.22. The Balaban J connectivity index is 2.00. The van der Waals surface area contributed by atoms with Gasteiger partial charge in [0.05, 0.1) is 7.11 Å². The van der Waals surface area contributed by atoms with E-state index in [1.807, 2.05) is 19.1 Å². The molecule has 1 unspecified atom stereocenters. The second kappa shape index (κ2) is 8.33. The number of rotatable bonds is 7. The van der Waals surface area contributed by atoms with Crippen molar-refractivity contribution in [3.05, 3.63) is 59.2 Å². The molecule has 0 radical (unpaired) electrons. The van der Waals surface area contributed by atoms with Gasteiger partial charge in [0, 0.05) is 11.1 Å². The van der Waals surface area contributed by atoms with Crippen molar-refractivity contribution in [3.63, 3.8) is 0 Å². The average Bonchev–Trinajstić information content (AvgIpc) is 2.61. The van der Waals surface area contributed by atoms with Crippen molar-refractivity contribution in [3.8, 4) is 11.5 Å². The van der Waals surface area contributed by atoms with E-state index < -0.39 is 12.1 Å². The predicted octanol–water partition coefficient (Wildman–Crippen LogP) is 3.72. The fourth-order valence-electron chi connectivity index (χ4n) is 2.25. The quantitative estimate of drug-likeness (QED) is 0.567. The standard InChI is InChI=1S/C20H22O5/c1-13-5-8-18(9-6-13)25-15(3)20(22)24-12-17-11-16(14(2)21)7-10-19(17)23-4/h5-11,15H,12H2,1-4H3. The molecular weight excluding hydrogens is 320 g/mol. The second-order valence-corrected chi connectivity index (χ2v) is 5.76. The van der Waals surface area contributed by atoms with Gasteiger partial charge in [-0.1, -0.05) is 17.7 Å². The molecule has 0 N–H and O–H groups in total. The van der Waals surface area contributed by atoms with Gasteiger partial charge >= 0.3 is 5.97 Å². The molecule has 132 valence electrons. The van der Waals surface area contributed by atoms with Crippen LogP contribution < -0.4 is 9.47 Å². The summed E-state index contributed by atoms with van der Waals surface area (Å²) in [6.45, 7) is 5.09. The molecule has 25 heavy (non-hydrogen) atoms. The maximum atomic E-state index is 12.2. The average molecular weight is 342 g/mol. The molecule has 0 amide bonds. The summed E-state index contributed by atoms with van der Waals surface area (Å²) in [5.41, 5.74) is 2.28. The van der Waals surface area contributed by atoms with Crippen molar-refractivity contribution in [2.24, 2.45) is 0 Å². The molecule has 5 nitrogen and oxygen atoms in total. The van der Waals surface area contributed by atoms with Gasteiger partial charge in [0.25, 0.3) is 0 Å². The molecule has 2 aromatic carbocycles. The number of hydrogen-bond acceptors (Lipinski definition) is 5. The summed E-state index contributed by atoms with van der Waals surface area (Å²) in [5.74, 6) is 0.610. The monoisotopic (exact) mass is 342 g/mol. The second-order valence-electron chi connectivity index (χ2n) is 5.76. The third-order valence-electron chi connectivity index (χ3n) is 3.72. The summed E-state index contributed by atoms with van der Waals surface area (Å²) in [5, 5.41) is 0. The predicted molar refractivity (Wildman–Crippen MR) is 94.1 cm³/mol. The van der Waals surface area contributed by atoms with Crippen LogP contribution in [0.3, 0.4) is 0 Å². The molecule has 0 saturated heterocycles. The van der Waals surface area contributed by atoms with Crippen LogP contribution in [0.25, 0.3) is 0 Å². The highest BCUT2D eigenvalue weighted by atomic mass is 16.6. The zero-order chi connectivity index (χ0) is 18.4. The Kier molecular flexibility index (Phi) is 6.17. The number of aryl methyl sites for hydroxylation is 1. The summed E-state index contributed by atoms with van der Waals surface area (Å²) >= 11 is 0. The van der Waals surface area contributed by atoms with Crippen LogP contribution in [0.4, 0.5) is 0 Å². The Morgan fingerprint density at radius 1 is 1.08 bits per heavy atom. The summed E-state index contributed by atoms with van der Waals surface area (Å²) in [7, 11) is 1.53. The van der Waals surface area contributed by atoms with Gasteiger partial charge in [0.1, 0.15) is 18.1 Å². The van der Waals surface area contributed by atoms with Gasteiger partial charge in [-0.05, 0) is 51.1 Å². The molecule has 0 saturated carbocycles. The third-order valence-corrected chi connectivity index (χ3v) is 3.72. The minimum absolute atomic E-state index is 0.00469. The van der Waals surface area contributed by atoms with Gasteiger partial charge < -0.3 is 14.2 Å². The number of benzene rings is 2. The Morgan fingerprint density at radius 3 is 2.36 bits per heavy atom. The van der Waals surface area contributed by atoms with Gasteiger partial charge in [-0.2, -0.15) is 0 Å². The normalized spacial score (nSPS) is 11.5. The number of ether oxygens (including phenoxy) is 3. The summed E-state index contributed by atoms with van der Waals surface area (Å²) in [6, 6.07) is 12.5. The van der Waals surface area contributed by atoms with Crippen molar-refractivity contribution in [2.75, 3.05) is 7.11 Å². The molecule has 2 rings (SSSR count). The summed E-state index contributed by atoms with van der Waals surface area (Å²) in [4.78, 5) is 23.7. The fourth-order valence-corrected chi connectivity index (χ4v) is 2.25. The zero-order valence-corrected chi connectivity index (χ0v) is 14.9. The van der Waals surface area contributed by atoms with Crippen LogP contribution in [0.2, 0.25) is 0 Å². The van der Waals surface area contributed by atoms with Crippen LogP contribution in [0.1, 0.15) is 35.3 Å². The molecule has 0 fully saturated rings. The summed E-state index contributed by atoms with van der Waals surface area (Å²) in [6.07, 6.45) is -0.746. The molecule has 5 heteroatoms. The van der Waals surface area contributed by atoms with Crippen molar-refractivity contribution in [1.82, 2.24) is 0 Å². The maximum Gasteiger partial charge on any atom is 0.347 e. The van der Waals surface area contributed by atoms with Crippen LogP contribution >= 0.6 is 0 Å². The van der Waals surface area contributed by atoms with Crippen LogP contribution in [-0.2, 0) is 16.1 Å². The van der Waals surface area contributed by atoms with Gasteiger partial charge in [0.2, 0.25) is 0 Å². The number of esters is 1. The van der Waals surface area contributed by atoms with E-state index in [4.69, 9.17) is 14.2 Å². The number of carbonyl (C=O) groups excluding carboxylic acids is 2.